The average Bonchev–Trinajstić information content (AvgIpc) is 3.08. The number of carbonyl (C=O) groups is 1. The van der Waals surface area contributed by atoms with Crippen LogP contribution in [0.1, 0.15) is 38.4 Å². The van der Waals surface area contributed by atoms with E-state index in [1.165, 1.54) is 20.4 Å². The Morgan fingerprint density at radius 3 is 2.32 bits per heavy atom. The Balaban J connectivity index is 2.87. The first-order valence-corrected chi connectivity index (χ1v) is 8.47. The summed E-state index contributed by atoms with van der Waals surface area (Å²) in [5.41, 5.74) is 3.36. The molecular weight excluding hydrogens is 368 g/mol. The quantitative estimate of drug-likeness (QED) is 0.308. The minimum absolute atomic E-state index is 0.0598. The van der Waals surface area contributed by atoms with Crippen molar-refractivity contribution in [3.63, 3.8) is 0 Å². The number of aliphatic hydroxyl groups excluding tert-OH is 4. The lowest BCUT2D eigenvalue weighted by Gasteiger charge is -2.17. The minimum Gasteiger partial charge on any atom is -0.464 e. The Kier molecular flexibility index (Phi) is 7.85. The zero-order valence-corrected chi connectivity index (χ0v) is 15.7. The Morgan fingerprint density at radius 2 is 1.79 bits per heavy atom. The van der Waals surface area contributed by atoms with Gasteiger partial charge in [0.2, 0.25) is 0 Å². The Labute approximate surface area is 161 Å². The molecule has 152 valence electrons. The molecule has 0 unspecified atom stereocenters. The number of aromatic amines is 1. The second-order valence-electron chi connectivity index (χ2n) is 5.85. The van der Waals surface area contributed by atoms with Gasteiger partial charge in [0.05, 0.1) is 39.2 Å². The number of aliphatic hydroxyl groups is 4. The molecule has 5 N–H and O–H groups in total. The predicted molar refractivity (Wildman–Crippen MR) is 101 cm³/mol. The average molecular weight is 392 g/mol. The highest BCUT2D eigenvalue weighted by atomic mass is 16.5. The van der Waals surface area contributed by atoms with Gasteiger partial charge in [-0.05, 0) is 22.3 Å². The number of aliphatic imine (C=N–C) groups is 1. The molecule has 0 aliphatic heterocycles. The Hall–Kier alpha value is -2.56. The summed E-state index contributed by atoms with van der Waals surface area (Å²) in [7, 11) is 2.72. The van der Waals surface area contributed by atoms with Gasteiger partial charge in [-0.15, -0.1) is 0 Å². The van der Waals surface area contributed by atoms with Crippen LogP contribution in [-0.4, -0.2) is 58.5 Å². The number of hydrogen-bond acceptors (Lipinski definition) is 8. The number of esters is 1. The van der Waals surface area contributed by atoms with Crippen molar-refractivity contribution >= 4 is 12.2 Å². The van der Waals surface area contributed by atoms with E-state index >= 15 is 0 Å². The molecule has 0 spiro atoms. The third kappa shape index (κ3) is 4.13. The zero-order chi connectivity index (χ0) is 20.7. The van der Waals surface area contributed by atoms with Crippen LogP contribution in [0.25, 0.3) is 11.1 Å². The first-order valence-electron chi connectivity index (χ1n) is 8.47. The molecule has 0 atom stereocenters. The largest absolute Gasteiger partial charge is 0.464 e. The van der Waals surface area contributed by atoms with Crippen molar-refractivity contribution in [2.24, 2.45) is 4.99 Å². The molecule has 9 heteroatoms. The van der Waals surface area contributed by atoms with Crippen LogP contribution in [0.3, 0.4) is 0 Å². The van der Waals surface area contributed by atoms with Crippen molar-refractivity contribution in [2.75, 3.05) is 21.0 Å². The SMILES string of the molecule is COCc1c(C(=O)OC)[nH]c(C=NCO)c1-c1ccc(CO)c(CO)c1CO. The third-order valence-electron chi connectivity index (χ3n) is 4.40. The summed E-state index contributed by atoms with van der Waals surface area (Å²) in [5.74, 6) is -0.614. The van der Waals surface area contributed by atoms with Crippen molar-refractivity contribution in [3.05, 3.63) is 45.8 Å². The molecule has 0 bridgehead atoms. The van der Waals surface area contributed by atoms with Crippen molar-refractivity contribution in [1.82, 2.24) is 4.98 Å². The molecule has 1 heterocycles. The fourth-order valence-electron chi connectivity index (χ4n) is 3.16. The molecule has 0 aliphatic rings. The van der Waals surface area contributed by atoms with E-state index < -0.39 is 19.3 Å². The molecule has 0 radical (unpaired) electrons. The second-order valence-corrected chi connectivity index (χ2v) is 5.85. The van der Waals surface area contributed by atoms with Crippen LogP contribution in [0.2, 0.25) is 0 Å². The van der Waals surface area contributed by atoms with E-state index in [1.807, 2.05) is 0 Å². The van der Waals surface area contributed by atoms with E-state index in [0.29, 0.717) is 39.1 Å². The van der Waals surface area contributed by atoms with E-state index in [9.17, 15) is 20.1 Å². The fourth-order valence-corrected chi connectivity index (χ4v) is 3.16. The normalized spacial score (nSPS) is 11.4. The summed E-state index contributed by atoms with van der Waals surface area (Å²) in [6, 6.07) is 3.31. The van der Waals surface area contributed by atoms with Crippen LogP contribution in [0.4, 0.5) is 0 Å². The number of rotatable bonds is 9. The lowest BCUT2D eigenvalue weighted by Crippen LogP contribution is -2.07. The van der Waals surface area contributed by atoms with Crippen LogP contribution in [0.15, 0.2) is 17.1 Å². The second kappa shape index (κ2) is 10.1. The molecule has 0 saturated heterocycles. The van der Waals surface area contributed by atoms with Gasteiger partial charge in [-0.2, -0.15) is 0 Å². The number of benzene rings is 1. The first kappa shape index (κ1) is 21.7. The van der Waals surface area contributed by atoms with Crippen molar-refractivity contribution in [3.8, 4) is 11.1 Å². The van der Waals surface area contributed by atoms with Gasteiger partial charge in [0.25, 0.3) is 0 Å². The summed E-state index contributed by atoms with van der Waals surface area (Å²) in [5, 5.41) is 38.3. The number of nitrogens with zero attached hydrogens (tertiary/aromatic N) is 1. The molecule has 9 nitrogen and oxygen atoms in total. The molecule has 0 amide bonds. The lowest BCUT2D eigenvalue weighted by atomic mass is 9.90. The van der Waals surface area contributed by atoms with Crippen LogP contribution in [-0.2, 0) is 35.9 Å². The third-order valence-corrected chi connectivity index (χ3v) is 4.40. The predicted octanol–water partition coefficient (Wildman–Crippen LogP) is 0.460. The van der Waals surface area contributed by atoms with Gasteiger partial charge in [0.15, 0.2) is 0 Å². The van der Waals surface area contributed by atoms with E-state index in [0.717, 1.165) is 0 Å². The first-order chi connectivity index (χ1) is 13.6. The molecular formula is C19H24N2O7. The number of methoxy groups -OCH3 is 2. The number of hydrogen-bond donors (Lipinski definition) is 5. The summed E-state index contributed by atoms with van der Waals surface area (Å²) in [6.45, 7) is -1.48. The van der Waals surface area contributed by atoms with Gasteiger partial charge in [0.1, 0.15) is 12.4 Å². The number of aromatic nitrogens is 1. The van der Waals surface area contributed by atoms with E-state index in [-0.39, 0.29) is 25.5 Å². The summed E-state index contributed by atoms with van der Waals surface area (Å²) >= 11 is 0. The maximum absolute atomic E-state index is 12.2. The van der Waals surface area contributed by atoms with Crippen LogP contribution >= 0.6 is 0 Å². The lowest BCUT2D eigenvalue weighted by molar-refractivity contribution is 0.0590. The van der Waals surface area contributed by atoms with Crippen molar-refractivity contribution in [1.29, 1.82) is 0 Å². The molecule has 2 aromatic rings. The van der Waals surface area contributed by atoms with Crippen molar-refractivity contribution < 1.29 is 34.7 Å². The molecule has 2 rings (SSSR count). The smallest absolute Gasteiger partial charge is 0.354 e. The highest BCUT2D eigenvalue weighted by molar-refractivity contribution is 5.99. The van der Waals surface area contributed by atoms with Gasteiger partial charge >= 0.3 is 5.97 Å². The number of ether oxygens (including phenoxy) is 2. The number of H-pyrrole nitrogens is 1. The van der Waals surface area contributed by atoms with Crippen LogP contribution in [0.5, 0.6) is 0 Å². The molecule has 0 aliphatic carbocycles. The molecule has 0 fully saturated rings. The maximum Gasteiger partial charge on any atom is 0.354 e. The van der Waals surface area contributed by atoms with E-state index in [1.54, 1.807) is 12.1 Å². The van der Waals surface area contributed by atoms with E-state index in [4.69, 9.17) is 14.6 Å². The summed E-state index contributed by atoms with van der Waals surface area (Å²) in [4.78, 5) is 19.0. The van der Waals surface area contributed by atoms with Gasteiger partial charge in [-0.1, -0.05) is 12.1 Å². The van der Waals surface area contributed by atoms with Gasteiger partial charge in [0, 0.05) is 24.5 Å². The van der Waals surface area contributed by atoms with Crippen LogP contribution in [0, 0.1) is 0 Å². The number of nitrogens with one attached hydrogen (secondary N) is 1. The van der Waals surface area contributed by atoms with Gasteiger partial charge in [-0.25, -0.2) is 4.79 Å². The van der Waals surface area contributed by atoms with Gasteiger partial charge in [-0.3, -0.25) is 4.99 Å². The summed E-state index contributed by atoms with van der Waals surface area (Å²) < 4.78 is 10.1. The van der Waals surface area contributed by atoms with Crippen LogP contribution < -0.4 is 0 Å². The Morgan fingerprint density at radius 1 is 1.07 bits per heavy atom. The monoisotopic (exact) mass is 392 g/mol. The maximum atomic E-state index is 12.2. The van der Waals surface area contributed by atoms with Gasteiger partial charge < -0.3 is 34.9 Å². The molecule has 28 heavy (non-hydrogen) atoms. The molecule has 1 aromatic heterocycles. The number of carbonyl (C=O) groups excluding carboxylic acids is 1. The molecule has 1 aromatic carbocycles. The summed E-state index contributed by atoms with van der Waals surface area (Å²) in [6.07, 6.45) is 1.36. The highest BCUT2D eigenvalue weighted by Gasteiger charge is 2.25. The van der Waals surface area contributed by atoms with E-state index in [2.05, 4.69) is 9.98 Å². The zero-order valence-electron chi connectivity index (χ0n) is 15.7. The Bertz CT molecular complexity index is 858. The topological polar surface area (TPSA) is 145 Å². The standard InChI is InChI=1S/C19H24N2O7/c1-27-9-15-17(16(5-20-10-25)21-18(15)19(26)28-2)12-4-3-11(6-22)13(7-23)14(12)8-24/h3-5,21-25H,6-10H2,1-2H3. The fraction of sp³-hybridized carbons (Fsp3) is 0.368. The molecule has 0 saturated carbocycles. The highest BCUT2D eigenvalue weighted by Crippen LogP contribution is 2.36. The minimum atomic E-state index is -0.614. The van der Waals surface area contributed by atoms with Crippen molar-refractivity contribution in [2.45, 2.75) is 26.4 Å².